The molecule has 0 unspecified atom stereocenters. The first kappa shape index (κ1) is 15.8. The van der Waals surface area contributed by atoms with E-state index in [0.29, 0.717) is 0 Å². The molecular formula is C9H17N5O4. The molecule has 0 spiro atoms. The van der Waals surface area contributed by atoms with Gasteiger partial charge in [-0.1, -0.05) is 0 Å². The van der Waals surface area contributed by atoms with Crippen LogP contribution in [0.4, 0.5) is 0 Å². The van der Waals surface area contributed by atoms with E-state index in [1.54, 1.807) is 0 Å². The maximum Gasteiger partial charge on any atom is 0.239 e. The van der Waals surface area contributed by atoms with Crippen LogP contribution in [0.2, 0.25) is 0 Å². The number of nitrogens with two attached hydrogens (primary N) is 1. The van der Waals surface area contributed by atoms with Crippen molar-refractivity contribution < 1.29 is 19.2 Å². The zero-order valence-corrected chi connectivity index (χ0v) is 10.0. The Hall–Kier alpha value is -2.16. The number of carbonyl (C=O) groups is 4. The first-order valence-electron chi connectivity index (χ1n) is 5.20. The maximum atomic E-state index is 11.1. The van der Waals surface area contributed by atoms with Gasteiger partial charge in [0.15, 0.2) is 0 Å². The SMILES string of the molecule is CNC(=O)CNC(=O)CNC(=O)CNC(=O)CN. The highest BCUT2D eigenvalue weighted by Gasteiger charge is 2.07. The highest BCUT2D eigenvalue weighted by molar-refractivity contribution is 5.90. The fraction of sp³-hybridized carbons (Fsp3) is 0.556. The lowest BCUT2D eigenvalue weighted by atomic mass is 10.4. The molecular weight excluding hydrogens is 242 g/mol. The lowest BCUT2D eigenvalue weighted by Gasteiger charge is -2.06. The third-order valence-corrected chi connectivity index (χ3v) is 1.80. The van der Waals surface area contributed by atoms with Crippen LogP contribution in [0.1, 0.15) is 0 Å². The molecule has 0 fully saturated rings. The third-order valence-electron chi connectivity index (χ3n) is 1.80. The van der Waals surface area contributed by atoms with Gasteiger partial charge in [0, 0.05) is 7.05 Å². The number of amides is 4. The smallest absolute Gasteiger partial charge is 0.239 e. The average Bonchev–Trinajstić information content (AvgIpc) is 2.39. The van der Waals surface area contributed by atoms with Crippen LogP contribution < -0.4 is 27.0 Å². The Morgan fingerprint density at radius 1 is 0.778 bits per heavy atom. The zero-order valence-electron chi connectivity index (χ0n) is 10.0. The van der Waals surface area contributed by atoms with E-state index < -0.39 is 17.7 Å². The molecule has 0 heterocycles. The lowest BCUT2D eigenvalue weighted by Crippen LogP contribution is -2.44. The second-order valence-electron chi connectivity index (χ2n) is 3.21. The van der Waals surface area contributed by atoms with Crippen molar-refractivity contribution in [3.05, 3.63) is 0 Å². The summed E-state index contributed by atoms with van der Waals surface area (Å²) in [5, 5.41) is 9.12. The van der Waals surface area contributed by atoms with Crippen LogP contribution in [0.5, 0.6) is 0 Å². The number of hydrogen-bond donors (Lipinski definition) is 5. The molecule has 0 saturated heterocycles. The van der Waals surface area contributed by atoms with Gasteiger partial charge < -0.3 is 27.0 Å². The Balaban J connectivity index is 3.68. The van der Waals surface area contributed by atoms with E-state index in [-0.39, 0.29) is 32.1 Å². The minimum Gasteiger partial charge on any atom is -0.358 e. The van der Waals surface area contributed by atoms with Gasteiger partial charge in [0.2, 0.25) is 23.6 Å². The van der Waals surface area contributed by atoms with Gasteiger partial charge in [-0.2, -0.15) is 0 Å². The van der Waals surface area contributed by atoms with E-state index in [1.165, 1.54) is 7.05 Å². The molecule has 0 aliphatic rings. The van der Waals surface area contributed by atoms with Crippen LogP contribution >= 0.6 is 0 Å². The highest BCUT2D eigenvalue weighted by Crippen LogP contribution is 1.69. The van der Waals surface area contributed by atoms with Crippen LogP contribution in [0.3, 0.4) is 0 Å². The monoisotopic (exact) mass is 259 g/mol. The van der Waals surface area contributed by atoms with E-state index in [9.17, 15) is 19.2 Å². The second kappa shape index (κ2) is 8.93. The molecule has 0 aromatic heterocycles. The number of nitrogens with one attached hydrogen (secondary N) is 4. The van der Waals surface area contributed by atoms with Gasteiger partial charge in [-0.05, 0) is 0 Å². The Labute approximate surface area is 104 Å². The van der Waals surface area contributed by atoms with Crippen molar-refractivity contribution in [1.29, 1.82) is 0 Å². The van der Waals surface area contributed by atoms with Gasteiger partial charge in [-0.15, -0.1) is 0 Å². The Morgan fingerprint density at radius 3 is 1.56 bits per heavy atom. The minimum atomic E-state index is -0.521. The van der Waals surface area contributed by atoms with E-state index in [4.69, 9.17) is 5.73 Å². The van der Waals surface area contributed by atoms with E-state index in [2.05, 4.69) is 21.3 Å². The van der Waals surface area contributed by atoms with Gasteiger partial charge in [0.1, 0.15) is 0 Å². The van der Waals surface area contributed by atoms with Crippen molar-refractivity contribution in [1.82, 2.24) is 21.3 Å². The first-order chi connectivity index (χ1) is 8.49. The van der Waals surface area contributed by atoms with Crippen LogP contribution in [-0.4, -0.2) is 56.9 Å². The zero-order chi connectivity index (χ0) is 14.0. The summed E-state index contributed by atoms with van der Waals surface area (Å²) in [6.07, 6.45) is 0. The minimum absolute atomic E-state index is 0.158. The van der Waals surface area contributed by atoms with E-state index >= 15 is 0 Å². The standard InChI is InChI=1S/C9H17N5O4/c1-11-7(16)3-13-9(18)5-14-8(17)4-12-6(15)2-10/h2-5,10H2,1H3,(H,11,16)(H,12,15)(H,13,18)(H,14,17). The third kappa shape index (κ3) is 8.05. The van der Waals surface area contributed by atoms with Crippen molar-refractivity contribution in [3.8, 4) is 0 Å². The summed E-state index contributed by atoms with van der Waals surface area (Å²) in [6.45, 7) is -0.887. The van der Waals surface area contributed by atoms with Crippen LogP contribution in [0, 0.1) is 0 Å². The second-order valence-corrected chi connectivity index (χ2v) is 3.21. The normalized spacial score (nSPS) is 9.22. The van der Waals surface area contributed by atoms with Gasteiger partial charge in [-0.3, -0.25) is 19.2 Å². The summed E-state index contributed by atoms with van der Waals surface area (Å²) < 4.78 is 0. The molecule has 6 N–H and O–H groups in total. The predicted octanol–water partition coefficient (Wildman–Crippen LogP) is -3.96. The molecule has 0 aromatic carbocycles. The summed E-state index contributed by atoms with van der Waals surface area (Å²) in [7, 11) is 1.44. The molecule has 4 amide bonds. The van der Waals surface area contributed by atoms with Gasteiger partial charge in [0.25, 0.3) is 0 Å². The summed E-state index contributed by atoms with van der Waals surface area (Å²) in [5.41, 5.74) is 5.02. The van der Waals surface area contributed by atoms with Crippen molar-refractivity contribution in [3.63, 3.8) is 0 Å². The molecule has 18 heavy (non-hydrogen) atoms. The van der Waals surface area contributed by atoms with Crippen LogP contribution in [-0.2, 0) is 19.2 Å². The molecule has 102 valence electrons. The fourth-order valence-corrected chi connectivity index (χ4v) is 0.822. The predicted molar refractivity (Wildman–Crippen MR) is 62.2 cm³/mol. The van der Waals surface area contributed by atoms with E-state index in [1.807, 2.05) is 0 Å². The van der Waals surface area contributed by atoms with Gasteiger partial charge in [-0.25, -0.2) is 0 Å². The molecule has 9 heteroatoms. The summed E-state index contributed by atoms with van der Waals surface area (Å²) >= 11 is 0. The average molecular weight is 259 g/mol. The number of hydrogen-bond acceptors (Lipinski definition) is 5. The Bertz CT molecular complexity index is 299. The topological polar surface area (TPSA) is 142 Å². The first-order valence-corrected chi connectivity index (χ1v) is 5.20. The highest BCUT2D eigenvalue weighted by atomic mass is 16.2. The lowest BCUT2D eigenvalue weighted by molar-refractivity contribution is -0.128. The van der Waals surface area contributed by atoms with Crippen LogP contribution in [0.15, 0.2) is 0 Å². The van der Waals surface area contributed by atoms with Gasteiger partial charge >= 0.3 is 0 Å². The largest absolute Gasteiger partial charge is 0.358 e. The molecule has 0 aliphatic carbocycles. The van der Waals surface area contributed by atoms with E-state index in [0.717, 1.165) is 0 Å². The fourth-order valence-electron chi connectivity index (χ4n) is 0.822. The van der Waals surface area contributed by atoms with Crippen molar-refractivity contribution in [2.75, 3.05) is 33.2 Å². The summed E-state index contributed by atoms with van der Waals surface area (Å²) in [4.78, 5) is 43.8. The van der Waals surface area contributed by atoms with Crippen LogP contribution in [0.25, 0.3) is 0 Å². The maximum absolute atomic E-state index is 11.1. The Morgan fingerprint density at radius 2 is 1.17 bits per heavy atom. The molecule has 0 rings (SSSR count). The molecule has 0 bridgehead atoms. The molecule has 9 nitrogen and oxygen atoms in total. The molecule has 0 saturated carbocycles. The quantitative estimate of drug-likeness (QED) is 0.317. The van der Waals surface area contributed by atoms with Crippen molar-refractivity contribution in [2.45, 2.75) is 0 Å². The number of carbonyl (C=O) groups excluding carboxylic acids is 4. The summed E-state index contributed by atoms with van der Waals surface area (Å²) in [6, 6.07) is 0. The molecule has 0 atom stereocenters. The van der Waals surface area contributed by atoms with Crippen molar-refractivity contribution >= 4 is 23.6 Å². The number of rotatable bonds is 7. The number of likely N-dealkylation sites (N-methyl/N-ethyl adjacent to an activating group) is 1. The van der Waals surface area contributed by atoms with Gasteiger partial charge in [0.05, 0.1) is 26.2 Å². The molecule has 0 aliphatic heterocycles. The Kier molecular flexibility index (Phi) is 7.86. The molecule has 0 aromatic rings. The molecule has 0 radical (unpaired) electrons. The van der Waals surface area contributed by atoms with Crippen molar-refractivity contribution in [2.24, 2.45) is 5.73 Å². The summed E-state index contributed by atoms with van der Waals surface area (Å²) in [5.74, 6) is -1.83.